The van der Waals surface area contributed by atoms with Crippen molar-refractivity contribution in [1.29, 1.82) is 0 Å². The van der Waals surface area contributed by atoms with Crippen LogP contribution in [0.25, 0.3) is 0 Å². The fraction of sp³-hybridized carbons (Fsp3) is 1.00. The summed E-state index contributed by atoms with van der Waals surface area (Å²) in [5.41, 5.74) is 0. The zero-order valence-corrected chi connectivity index (χ0v) is 9.18. The molecule has 0 aromatic rings. The van der Waals surface area contributed by atoms with Gasteiger partial charge in [-0.2, -0.15) is 0 Å². The molecular weight excluding hydrogens is 160 g/mol. The van der Waals surface area contributed by atoms with E-state index in [2.05, 4.69) is 24.2 Å². The summed E-state index contributed by atoms with van der Waals surface area (Å²) in [6.07, 6.45) is 5.55. The lowest BCUT2D eigenvalue weighted by atomic mass is 10.3. The van der Waals surface area contributed by atoms with Gasteiger partial charge in [0.1, 0.15) is 0 Å². The summed E-state index contributed by atoms with van der Waals surface area (Å²) in [5, 5.41) is 3.51. The monoisotopic (exact) mass is 184 g/mol. The molecule has 2 heteroatoms. The first-order valence-electron chi connectivity index (χ1n) is 5.72. The third-order valence-corrected chi connectivity index (χ3v) is 2.69. The molecule has 0 spiro atoms. The zero-order chi connectivity index (χ0) is 9.52. The Bertz CT molecular complexity index is 121. The molecule has 0 atom stereocenters. The van der Waals surface area contributed by atoms with Crippen molar-refractivity contribution in [3.05, 3.63) is 0 Å². The van der Waals surface area contributed by atoms with E-state index in [-0.39, 0.29) is 0 Å². The molecule has 2 nitrogen and oxygen atoms in total. The van der Waals surface area contributed by atoms with E-state index in [1.165, 1.54) is 45.3 Å². The second-order valence-electron chi connectivity index (χ2n) is 4.30. The van der Waals surface area contributed by atoms with Crippen molar-refractivity contribution in [3.8, 4) is 0 Å². The normalized spacial score (nSPS) is 16.8. The van der Waals surface area contributed by atoms with Crippen LogP contribution in [0.2, 0.25) is 0 Å². The summed E-state index contributed by atoms with van der Waals surface area (Å²) >= 11 is 0. The molecule has 0 aliphatic heterocycles. The molecule has 0 aromatic heterocycles. The molecule has 0 aromatic carbocycles. The van der Waals surface area contributed by atoms with E-state index >= 15 is 0 Å². The minimum Gasteiger partial charge on any atom is -0.315 e. The van der Waals surface area contributed by atoms with Crippen molar-refractivity contribution >= 4 is 0 Å². The summed E-state index contributed by atoms with van der Waals surface area (Å²) in [6, 6.07) is 0. The largest absolute Gasteiger partial charge is 0.315 e. The van der Waals surface area contributed by atoms with Crippen LogP contribution in [0.1, 0.15) is 32.6 Å². The van der Waals surface area contributed by atoms with Crippen molar-refractivity contribution in [2.75, 3.05) is 33.2 Å². The Hall–Kier alpha value is -0.0800. The summed E-state index contributed by atoms with van der Waals surface area (Å²) < 4.78 is 0. The van der Waals surface area contributed by atoms with Crippen LogP contribution in [0.15, 0.2) is 0 Å². The average Bonchev–Trinajstić information content (AvgIpc) is 2.92. The summed E-state index contributed by atoms with van der Waals surface area (Å²) in [7, 11) is 2.22. The van der Waals surface area contributed by atoms with Gasteiger partial charge in [0.25, 0.3) is 0 Å². The van der Waals surface area contributed by atoms with Crippen LogP contribution in [0.5, 0.6) is 0 Å². The fourth-order valence-corrected chi connectivity index (χ4v) is 1.44. The molecular formula is C11H24N2. The van der Waals surface area contributed by atoms with Gasteiger partial charge in [0.15, 0.2) is 0 Å². The Morgan fingerprint density at radius 2 is 2.08 bits per heavy atom. The van der Waals surface area contributed by atoms with Crippen molar-refractivity contribution in [1.82, 2.24) is 10.2 Å². The van der Waals surface area contributed by atoms with E-state index in [1.807, 2.05) is 0 Å². The number of unbranched alkanes of at least 4 members (excludes halogenated alkanes) is 1. The molecule has 0 amide bonds. The fourth-order valence-electron chi connectivity index (χ4n) is 1.44. The zero-order valence-electron chi connectivity index (χ0n) is 9.18. The molecule has 0 heterocycles. The first-order valence-corrected chi connectivity index (χ1v) is 5.72. The highest BCUT2D eigenvalue weighted by Crippen LogP contribution is 2.27. The number of likely N-dealkylation sites (N-methyl/N-ethyl adjacent to an activating group) is 1. The molecule has 1 aliphatic carbocycles. The van der Waals surface area contributed by atoms with Gasteiger partial charge in [-0.3, -0.25) is 0 Å². The molecule has 1 fully saturated rings. The molecule has 0 saturated heterocycles. The standard InChI is InChI=1S/C11H24N2/c1-3-4-8-13(2)9-7-12-10-11-5-6-11/h11-12H,3-10H2,1-2H3. The van der Waals surface area contributed by atoms with Gasteiger partial charge in [0, 0.05) is 13.1 Å². The second-order valence-corrected chi connectivity index (χ2v) is 4.30. The van der Waals surface area contributed by atoms with Crippen LogP contribution >= 0.6 is 0 Å². The Labute approximate surface area is 82.7 Å². The van der Waals surface area contributed by atoms with Gasteiger partial charge in [-0.05, 0) is 45.3 Å². The quantitative estimate of drug-likeness (QED) is 0.578. The number of rotatable bonds is 8. The SMILES string of the molecule is CCCCN(C)CCNCC1CC1. The molecule has 0 radical (unpaired) electrons. The summed E-state index contributed by atoms with van der Waals surface area (Å²) in [5.74, 6) is 1.01. The van der Waals surface area contributed by atoms with Crippen LogP contribution < -0.4 is 5.32 Å². The van der Waals surface area contributed by atoms with E-state index in [4.69, 9.17) is 0 Å². The van der Waals surface area contributed by atoms with Crippen LogP contribution in [-0.4, -0.2) is 38.1 Å². The molecule has 1 rings (SSSR count). The molecule has 78 valence electrons. The second kappa shape index (κ2) is 6.39. The molecule has 0 unspecified atom stereocenters. The highest BCUT2D eigenvalue weighted by molar-refractivity contribution is 4.75. The molecule has 1 saturated carbocycles. The topological polar surface area (TPSA) is 15.3 Å². The Balaban J connectivity index is 1.79. The highest BCUT2D eigenvalue weighted by Gasteiger charge is 2.19. The number of nitrogens with one attached hydrogen (secondary N) is 1. The average molecular weight is 184 g/mol. The van der Waals surface area contributed by atoms with Crippen LogP contribution in [-0.2, 0) is 0 Å². The van der Waals surface area contributed by atoms with Gasteiger partial charge < -0.3 is 10.2 Å². The Morgan fingerprint density at radius 1 is 1.31 bits per heavy atom. The van der Waals surface area contributed by atoms with Gasteiger partial charge in [0.2, 0.25) is 0 Å². The van der Waals surface area contributed by atoms with Crippen molar-refractivity contribution in [2.24, 2.45) is 5.92 Å². The van der Waals surface area contributed by atoms with E-state index in [0.29, 0.717) is 0 Å². The lowest BCUT2D eigenvalue weighted by Gasteiger charge is -2.16. The van der Waals surface area contributed by atoms with Gasteiger partial charge in [-0.15, -0.1) is 0 Å². The Kier molecular flexibility index (Phi) is 5.40. The van der Waals surface area contributed by atoms with E-state index in [0.717, 1.165) is 12.5 Å². The van der Waals surface area contributed by atoms with Crippen molar-refractivity contribution in [2.45, 2.75) is 32.6 Å². The smallest absolute Gasteiger partial charge is 0.0104 e. The van der Waals surface area contributed by atoms with Gasteiger partial charge in [0.05, 0.1) is 0 Å². The first-order chi connectivity index (χ1) is 6.33. The maximum Gasteiger partial charge on any atom is 0.0104 e. The molecule has 0 bridgehead atoms. The maximum atomic E-state index is 3.51. The first kappa shape index (κ1) is 11.0. The Morgan fingerprint density at radius 3 is 2.69 bits per heavy atom. The van der Waals surface area contributed by atoms with Crippen molar-refractivity contribution in [3.63, 3.8) is 0 Å². The molecule has 1 N–H and O–H groups in total. The van der Waals surface area contributed by atoms with Gasteiger partial charge in [-0.25, -0.2) is 0 Å². The number of nitrogens with zero attached hydrogens (tertiary/aromatic N) is 1. The van der Waals surface area contributed by atoms with Crippen LogP contribution in [0.4, 0.5) is 0 Å². The minimum absolute atomic E-state index is 1.01. The lowest BCUT2D eigenvalue weighted by Crippen LogP contribution is -2.30. The molecule has 1 aliphatic rings. The van der Waals surface area contributed by atoms with Crippen LogP contribution in [0, 0.1) is 5.92 Å². The number of hydrogen-bond donors (Lipinski definition) is 1. The summed E-state index contributed by atoms with van der Waals surface area (Å²) in [6.45, 7) is 7.12. The predicted octanol–water partition coefficient (Wildman–Crippen LogP) is 1.72. The summed E-state index contributed by atoms with van der Waals surface area (Å²) in [4.78, 5) is 2.42. The van der Waals surface area contributed by atoms with E-state index in [9.17, 15) is 0 Å². The predicted molar refractivity (Wildman–Crippen MR) is 58.0 cm³/mol. The van der Waals surface area contributed by atoms with Gasteiger partial charge in [-0.1, -0.05) is 13.3 Å². The van der Waals surface area contributed by atoms with Crippen LogP contribution in [0.3, 0.4) is 0 Å². The third-order valence-electron chi connectivity index (χ3n) is 2.69. The molecule has 13 heavy (non-hydrogen) atoms. The third kappa shape index (κ3) is 6.05. The van der Waals surface area contributed by atoms with E-state index < -0.39 is 0 Å². The lowest BCUT2D eigenvalue weighted by molar-refractivity contribution is 0.325. The van der Waals surface area contributed by atoms with Crippen molar-refractivity contribution < 1.29 is 0 Å². The highest BCUT2D eigenvalue weighted by atomic mass is 15.1. The van der Waals surface area contributed by atoms with E-state index in [1.54, 1.807) is 0 Å². The maximum absolute atomic E-state index is 3.51. The van der Waals surface area contributed by atoms with Gasteiger partial charge >= 0.3 is 0 Å². The number of hydrogen-bond acceptors (Lipinski definition) is 2. The minimum atomic E-state index is 1.01.